The summed E-state index contributed by atoms with van der Waals surface area (Å²) in [7, 11) is 0. The Bertz CT molecular complexity index is 852. The van der Waals surface area contributed by atoms with E-state index in [1.165, 1.54) is 11.6 Å². The molecule has 0 aliphatic carbocycles. The van der Waals surface area contributed by atoms with Crippen LogP contribution in [-0.4, -0.2) is 50.9 Å². The quantitative estimate of drug-likeness (QED) is 0.711. The molecule has 0 atom stereocenters. The Labute approximate surface area is 145 Å². The largest absolute Gasteiger partial charge is 0.453 e. The number of nitrogens with zero attached hydrogens (tertiary/aromatic N) is 6. The van der Waals surface area contributed by atoms with Crippen molar-refractivity contribution in [3.05, 3.63) is 40.3 Å². The Balaban J connectivity index is 1.49. The molecule has 6 nitrogen and oxygen atoms in total. The van der Waals surface area contributed by atoms with E-state index in [-0.39, 0.29) is 5.65 Å². The fraction of sp³-hybridized carbons (Fsp3) is 0.400. The van der Waals surface area contributed by atoms with Crippen LogP contribution >= 0.6 is 11.3 Å². The van der Waals surface area contributed by atoms with Gasteiger partial charge in [-0.25, -0.2) is 0 Å². The Hall–Kier alpha value is -2.20. The van der Waals surface area contributed by atoms with Gasteiger partial charge in [-0.15, -0.1) is 15.3 Å². The third-order valence-corrected chi connectivity index (χ3v) is 4.92. The summed E-state index contributed by atoms with van der Waals surface area (Å²) in [5, 5.41) is 15.0. The van der Waals surface area contributed by atoms with Gasteiger partial charge in [0.2, 0.25) is 0 Å². The van der Waals surface area contributed by atoms with Crippen LogP contribution in [0.25, 0.3) is 5.65 Å². The van der Waals surface area contributed by atoms with Crippen LogP contribution in [0.5, 0.6) is 0 Å². The van der Waals surface area contributed by atoms with Gasteiger partial charge in [0, 0.05) is 32.7 Å². The van der Waals surface area contributed by atoms with Gasteiger partial charge >= 0.3 is 6.18 Å². The lowest BCUT2D eigenvalue weighted by Crippen LogP contribution is -2.46. The van der Waals surface area contributed by atoms with Gasteiger partial charge in [0.25, 0.3) is 5.82 Å². The van der Waals surface area contributed by atoms with Crippen molar-refractivity contribution in [2.45, 2.75) is 12.7 Å². The minimum Gasteiger partial charge on any atom is -0.353 e. The molecule has 0 unspecified atom stereocenters. The van der Waals surface area contributed by atoms with E-state index in [0.717, 1.165) is 24.1 Å². The van der Waals surface area contributed by atoms with Crippen molar-refractivity contribution in [3.8, 4) is 0 Å². The Morgan fingerprint density at radius 1 is 1.04 bits per heavy atom. The van der Waals surface area contributed by atoms with E-state index in [9.17, 15) is 13.2 Å². The van der Waals surface area contributed by atoms with E-state index in [0.29, 0.717) is 18.9 Å². The van der Waals surface area contributed by atoms with E-state index < -0.39 is 12.0 Å². The molecule has 25 heavy (non-hydrogen) atoms. The van der Waals surface area contributed by atoms with Crippen molar-refractivity contribution in [2.24, 2.45) is 0 Å². The summed E-state index contributed by atoms with van der Waals surface area (Å²) in [4.78, 5) is 4.32. The van der Waals surface area contributed by atoms with Gasteiger partial charge in [-0.1, -0.05) is 0 Å². The van der Waals surface area contributed by atoms with E-state index >= 15 is 0 Å². The summed E-state index contributed by atoms with van der Waals surface area (Å²) in [6.07, 6.45) is -4.58. The van der Waals surface area contributed by atoms with Crippen LogP contribution in [0.3, 0.4) is 0 Å². The first-order valence-electron chi connectivity index (χ1n) is 7.79. The van der Waals surface area contributed by atoms with Crippen LogP contribution in [0.1, 0.15) is 11.4 Å². The number of halogens is 3. The molecule has 0 radical (unpaired) electrons. The van der Waals surface area contributed by atoms with Crippen molar-refractivity contribution < 1.29 is 13.2 Å². The second kappa shape index (κ2) is 6.26. The van der Waals surface area contributed by atoms with Crippen LogP contribution in [0.2, 0.25) is 0 Å². The smallest absolute Gasteiger partial charge is 0.353 e. The second-order valence-corrected chi connectivity index (χ2v) is 6.66. The molecule has 1 aliphatic heterocycles. The minimum absolute atomic E-state index is 0.0900. The molecule has 10 heteroatoms. The van der Waals surface area contributed by atoms with Gasteiger partial charge in [0.05, 0.1) is 0 Å². The SMILES string of the molecule is FC(F)(F)c1nnc2ccc(N3CCN(Cc4ccsc4)CC3)nn12. The fourth-order valence-electron chi connectivity index (χ4n) is 2.90. The molecule has 3 aromatic heterocycles. The Kier molecular flexibility index (Phi) is 4.08. The van der Waals surface area contributed by atoms with Crippen molar-refractivity contribution >= 4 is 22.8 Å². The molecule has 132 valence electrons. The normalized spacial score (nSPS) is 16.7. The molecular formula is C15H15F3N6S. The highest BCUT2D eigenvalue weighted by Crippen LogP contribution is 2.28. The number of hydrogen-bond acceptors (Lipinski definition) is 6. The van der Waals surface area contributed by atoms with Crippen LogP contribution in [0.4, 0.5) is 19.0 Å². The van der Waals surface area contributed by atoms with Gasteiger partial charge in [-0.3, -0.25) is 4.90 Å². The zero-order valence-electron chi connectivity index (χ0n) is 13.1. The Morgan fingerprint density at radius 3 is 2.52 bits per heavy atom. The number of alkyl halides is 3. The molecule has 0 N–H and O–H groups in total. The molecule has 4 rings (SSSR count). The molecule has 1 aliphatic rings. The van der Waals surface area contributed by atoms with E-state index in [1.807, 2.05) is 4.90 Å². The summed E-state index contributed by atoms with van der Waals surface area (Å²) >= 11 is 1.68. The maximum Gasteiger partial charge on any atom is 0.453 e. The van der Waals surface area contributed by atoms with Crippen molar-refractivity contribution in [2.75, 3.05) is 31.1 Å². The molecule has 0 spiro atoms. The predicted molar refractivity (Wildman–Crippen MR) is 87.6 cm³/mol. The molecular weight excluding hydrogens is 353 g/mol. The molecule has 1 fully saturated rings. The number of piperazine rings is 1. The average Bonchev–Trinajstić information content (AvgIpc) is 3.23. The average molecular weight is 368 g/mol. The van der Waals surface area contributed by atoms with Gasteiger partial charge in [-0.2, -0.15) is 29.0 Å². The third kappa shape index (κ3) is 3.31. The number of thiophene rings is 1. The second-order valence-electron chi connectivity index (χ2n) is 5.88. The third-order valence-electron chi connectivity index (χ3n) is 4.18. The zero-order valence-corrected chi connectivity index (χ0v) is 14.0. The topological polar surface area (TPSA) is 49.6 Å². The highest BCUT2D eigenvalue weighted by atomic mass is 32.1. The highest BCUT2D eigenvalue weighted by Gasteiger charge is 2.37. The molecule has 4 heterocycles. The Morgan fingerprint density at radius 2 is 1.84 bits per heavy atom. The van der Waals surface area contributed by atoms with Crippen molar-refractivity contribution in [3.63, 3.8) is 0 Å². The number of hydrogen-bond donors (Lipinski definition) is 0. The lowest BCUT2D eigenvalue weighted by molar-refractivity contribution is -0.146. The lowest BCUT2D eigenvalue weighted by atomic mass is 10.2. The fourth-order valence-corrected chi connectivity index (χ4v) is 3.56. The number of fused-ring (bicyclic) bond motifs is 1. The maximum absolute atomic E-state index is 13.0. The lowest BCUT2D eigenvalue weighted by Gasteiger charge is -2.35. The van der Waals surface area contributed by atoms with Crippen LogP contribution in [-0.2, 0) is 12.7 Å². The van der Waals surface area contributed by atoms with Crippen molar-refractivity contribution in [1.29, 1.82) is 0 Å². The first kappa shape index (κ1) is 16.3. The van der Waals surface area contributed by atoms with Crippen LogP contribution in [0.15, 0.2) is 29.0 Å². The molecule has 0 bridgehead atoms. The summed E-state index contributed by atoms with van der Waals surface area (Å²) < 4.78 is 39.7. The predicted octanol–water partition coefficient (Wildman–Crippen LogP) is 2.53. The summed E-state index contributed by atoms with van der Waals surface area (Å²) in [6.45, 7) is 4.00. The molecule has 0 saturated carbocycles. The molecule has 1 saturated heterocycles. The number of aromatic nitrogens is 4. The number of anilines is 1. The van der Waals surface area contributed by atoms with Gasteiger partial charge in [0.1, 0.15) is 5.82 Å². The highest BCUT2D eigenvalue weighted by molar-refractivity contribution is 7.07. The van der Waals surface area contributed by atoms with Gasteiger partial charge < -0.3 is 4.90 Å². The maximum atomic E-state index is 13.0. The summed E-state index contributed by atoms with van der Waals surface area (Å²) in [5.41, 5.74) is 1.38. The van der Waals surface area contributed by atoms with E-state index in [1.54, 1.807) is 17.4 Å². The first-order chi connectivity index (χ1) is 12.0. The zero-order chi connectivity index (χ0) is 17.4. The monoisotopic (exact) mass is 368 g/mol. The minimum atomic E-state index is -4.58. The van der Waals surface area contributed by atoms with Gasteiger partial charge in [0.15, 0.2) is 5.65 Å². The van der Waals surface area contributed by atoms with E-state index in [4.69, 9.17) is 0 Å². The molecule has 0 aromatic carbocycles. The van der Waals surface area contributed by atoms with Gasteiger partial charge in [-0.05, 0) is 34.5 Å². The summed E-state index contributed by atoms with van der Waals surface area (Å²) in [5.74, 6) is -0.589. The molecule has 3 aromatic rings. The summed E-state index contributed by atoms with van der Waals surface area (Å²) in [6, 6.07) is 5.32. The van der Waals surface area contributed by atoms with Crippen molar-refractivity contribution in [1.82, 2.24) is 24.7 Å². The van der Waals surface area contributed by atoms with Crippen LogP contribution < -0.4 is 4.90 Å². The molecule has 0 amide bonds. The van der Waals surface area contributed by atoms with Crippen LogP contribution in [0, 0.1) is 0 Å². The number of rotatable bonds is 3. The van der Waals surface area contributed by atoms with E-state index in [2.05, 4.69) is 37.0 Å². The standard InChI is InChI=1S/C15H15F3N6S/c16-15(17,18)14-20-19-12-1-2-13(21-24(12)14)23-6-4-22(5-7-23)9-11-3-8-25-10-11/h1-3,8,10H,4-7,9H2. The first-order valence-corrected chi connectivity index (χ1v) is 8.73.